The SMILES string of the molecule is CCC(CC(N)=NO)NC1CCC(C)C1. The fraction of sp³-hybridized carbons (Fsp3) is 0.909. The van der Waals surface area contributed by atoms with Gasteiger partial charge in [0.15, 0.2) is 0 Å². The summed E-state index contributed by atoms with van der Waals surface area (Å²) >= 11 is 0. The van der Waals surface area contributed by atoms with E-state index in [0.29, 0.717) is 24.3 Å². The van der Waals surface area contributed by atoms with E-state index in [1.165, 1.54) is 19.3 Å². The molecule has 0 bridgehead atoms. The van der Waals surface area contributed by atoms with E-state index in [-0.39, 0.29) is 0 Å². The Morgan fingerprint density at radius 2 is 2.33 bits per heavy atom. The molecule has 1 saturated carbocycles. The van der Waals surface area contributed by atoms with Gasteiger partial charge in [-0.25, -0.2) is 0 Å². The van der Waals surface area contributed by atoms with Crippen molar-refractivity contribution in [2.75, 3.05) is 0 Å². The van der Waals surface area contributed by atoms with Gasteiger partial charge in [-0.2, -0.15) is 0 Å². The van der Waals surface area contributed by atoms with Crippen LogP contribution in [0.1, 0.15) is 46.0 Å². The second-order valence-corrected chi connectivity index (χ2v) is 4.68. The highest BCUT2D eigenvalue weighted by molar-refractivity contribution is 5.80. The van der Waals surface area contributed by atoms with Crippen LogP contribution in [-0.4, -0.2) is 23.1 Å². The molecule has 0 saturated heterocycles. The van der Waals surface area contributed by atoms with Crippen molar-refractivity contribution < 1.29 is 5.21 Å². The Hall–Kier alpha value is -0.770. The van der Waals surface area contributed by atoms with E-state index in [2.05, 4.69) is 24.3 Å². The van der Waals surface area contributed by atoms with Crippen LogP contribution in [0.25, 0.3) is 0 Å². The Morgan fingerprint density at radius 1 is 1.60 bits per heavy atom. The van der Waals surface area contributed by atoms with E-state index in [1.54, 1.807) is 0 Å². The standard InChI is InChI=1S/C11H23N3O/c1-3-9(7-11(12)14-15)13-10-5-4-8(2)6-10/h8-10,13,15H,3-7H2,1-2H3,(H2,12,14). The molecule has 0 aromatic rings. The van der Waals surface area contributed by atoms with Gasteiger partial charge < -0.3 is 16.3 Å². The first-order valence-corrected chi connectivity index (χ1v) is 5.88. The lowest BCUT2D eigenvalue weighted by atomic mass is 10.1. The van der Waals surface area contributed by atoms with Gasteiger partial charge >= 0.3 is 0 Å². The predicted molar refractivity (Wildman–Crippen MR) is 62.0 cm³/mol. The van der Waals surface area contributed by atoms with E-state index in [1.807, 2.05) is 0 Å². The van der Waals surface area contributed by atoms with Gasteiger partial charge in [0.2, 0.25) is 0 Å². The molecule has 0 aromatic carbocycles. The molecule has 88 valence electrons. The molecule has 1 aliphatic carbocycles. The van der Waals surface area contributed by atoms with Gasteiger partial charge in [0.05, 0.1) is 0 Å². The highest BCUT2D eigenvalue weighted by Gasteiger charge is 2.23. The summed E-state index contributed by atoms with van der Waals surface area (Å²) in [7, 11) is 0. The first-order valence-electron chi connectivity index (χ1n) is 5.88. The summed E-state index contributed by atoms with van der Waals surface area (Å²) < 4.78 is 0. The van der Waals surface area contributed by atoms with Crippen LogP contribution in [0.3, 0.4) is 0 Å². The molecule has 4 nitrogen and oxygen atoms in total. The summed E-state index contributed by atoms with van der Waals surface area (Å²) in [4.78, 5) is 0. The Kier molecular flexibility index (Phi) is 4.88. The van der Waals surface area contributed by atoms with Crippen LogP contribution in [0.15, 0.2) is 5.16 Å². The summed E-state index contributed by atoms with van der Waals surface area (Å²) in [6.07, 6.45) is 5.48. The summed E-state index contributed by atoms with van der Waals surface area (Å²) in [6.45, 7) is 4.42. The van der Waals surface area contributed by atoms with Crippen LogP contribution in [-0.2, 0) is 0 Å². The fourth-order valence-corrected chi connectivity index (χ4v) is 2.31. The molecule has 1 fully saturated rings. The number of oxime groups is 1. The molecule has 1 aliphatic rings. The molecule has 15 heavy (non-hydrogen) atoms. The van der Waals surface area contributed by atoms with E-state index in [9.17, 15) is 0 Å². The van der Waals surface area contributed by atoms with Crippen LogP contribution in [0, 0.1) is 5.92 Å². The highest BCUT2D eigenvalue weighted by atomic mass is 16.4. The number of hydrogen-bond acceptors (Lipinski definition) is 3. The van der Waals surface area contributed by atoms with Crippen molar-refractivity contribution in [2.24, 2.45) is 16.8 Å². The van der Waals surface area contributed by atoms with Crippen LogP contribution >= 0.6 is 0 Å². The average molecular weight is 213 g/mol. The van der Waals surface area contributed by atoms with Crippen LogP contribution in [0.2, 0.25) is 0 Å². The summed E-state index contributed by atoms with van der Waals surface area (Å²) in [5.41, 5.74) is 5.51. The lowest BCUT2D eigenvalue weighted by Gasteiger charge is -2.21. The maximum atomic E-state index is 8.52. The number of rotatable bonds is 5. The number of nitrogens with two attached hydrogens (primary N) is 1. The molecule has 3 atom stereocenters. The van der Waals surface area contributed by atoms with Crippen molar-refractivity contribution in [1.82, 2.24) is 5.32 Å². The van der Waals surface area contributed by atoms with E-state index in [0.717, 1.165) is 12.3 Å². The lowest BCUT2D eigenvalue weighted by Crippen LogP contribution is -2.39. The highest BCUT2D eigenvalue weighted by Crippen LogP contribution is 2.25. The Bertz CT molecular complexity index is 218. The van der Waals surface area contributed by atoms with Gasteiger partial charge in [0.1, 0.15) is 5.84 Å². The van der Waals surface area contributed by atoms with Crippen molar-refractivity contribution in [3.8, 4) is 0 Å². The van der Waals surface area contributed by atoms with Crippen molar-refractivity contribution >= 4 is 5.84 Å². The molecular formula is C11H23N3O. The van der Waals surface area contributed by atoms with Gasteiger partial charge in [-0.1, -0.05) is 19.0 Å². The fourth-order valence-electron chi connectivity index (χ4n) is 2.31. The second-order valence-electron chi connectivity index (χ2n) is 4.68. The summed E-state index contributed by atoms with van der Waals surface area (Å²) in [6, 6.07) is 0.965. The van der Waals surface area contributed by atoms with Gasteiger partial charge in [-0.05, 0) is 31.6 Å². The summed E-state index contributed by atoms with van der Waals surface area (Å²) in [5.74, 6) is 1.16. The lowest BCUT2D eigenvalue weighted by molar-refractivity contribution is 0.314. The Balaban J connectivity index is 2.33. The molecule has 3 unspecified atom stereocenters. The van der Waals surface area contributed by atoms with Gasteiger partial charge in [-0.15, -0.1) is 0 Å². The van der Waals surface area contributed by atoms with Crippen LogP contribution < -0.4 is 11.1 Å². The number of hydrogen-bond donors (Lipinski definition) is 3. The normalized spacial score (nSPS) is 29.3. The largest absolute Gasteiger partial charge is 0.409 e. The summed E-state index contributed by atoms with van der Waals surface area (Å²) in [5, 5.41) is 15.1. The second kappa shape index (κ2) is 5.95. The van der Waals surface area contributed by atoms with Crippen molar-refractivity contribution in [1.29, 1.82) is 0 Å². The molecule has 0 radical (unpaired) electrons. The minimum absolute atomic E-state index is 0.320. The van der Waals surface area contributed by atoms with E-state index in [4.69, 9.17) is 10.9 Å². The average Bonchev–Trinajstić information content (AvgIpc) is 2.62. The number of nitrogens with zero attached hydrogens (tertiary/aromatic N) is 1. The van der Waals surface area contributed by atoms with Gasteiger partial charge in [0, 0.05) is 18.5 Å². The topological polar surface area (TPSA) is 70.6 Å². The van der Waals surface area contributed by atoms with Crippen LogP contribution in [0.4, 0.5) is 0 Å². The van der Waals surface area contributed by atoms with E-state index < -0.39 is 0 Å². The molecular weight excluding hydrogens is 190 g/mol. The third kappa shape index (κ3) is 4.08. The number of nitrogens with one attached hydrogen (secondary N) is 1. The molecule has 4 heteroatoms. The first-order chi connectivity index (χ1) is 7.15. The molecule has 0 aromatic heterocycles. The maximum absolute atomic E-state index is 8.52. The molecule has 0 spiro atoms. The van der Waals surface area contributed by atoms with Crippen molar-refractivity contribution in [2.45, 2.75) is 58.0 Å². The monoisotopic (exact) mass is 213 g/mol. The zero-order valence-corrected chi connectivity index (χ0v) is 9.74. The van der Waals surface area contributed by atoms with Crippen molar-refractivity contribution in [3.05, 3.63) is 0 Å². The first kappa shape index (κ1) is 12.3. The molecule has 0 amide bonds. The maximum Gasteiger partial charge on any atom is 0.140 e. The number of amidine groups is 1. The molecule has 1 rings (SSSR count). The minimum atomic E-state index is 0.320. The predicted octanol–water partition coefficient (Wildman–Crippen LogP) is 1.68. The van der Waals surface area contributed by atoms with Gasteiger partial charge in [-0.3, -0.25) is 0 Å². The quantitative estimate of drug-likeness (QED) is 0.281. The van der Waals surface area contributed by atoms with Gasteiger partial charge in [0.25, 0.3) is 0 Å². The Morgan fingerprint density at radius 3 is 2.80 bits per heavy atom. The molecule has 4 N–H and O–H groups in total. The van der Waals surface area contributed by atoms with Crippen molar-refractivity contribution in [3.63, 3.8) is 0 Å². The molecule has 0 heterocycles. The zero-order chi connectivity index (χ0) is 11.3. The van der Waals surface area contributed by atoms with Crippen LogP contribution in [0.5, 0.6) is 0 Å². The third-order valence-corrected chi connectivity index (χ3v) is 3.24. The molecule has 0 aliphatic heterocycles. The zero-order valence-electron chi connectivity index (χ0n) is 9.74. The minimum Gasteiger partial charge on any atom is -0.409 e. The Labute approximate surface area is 91.9 Å². The van der Waals surface area contributed by atoms with E-state index >= 15 is 0 Å². The third-order valence-electron chi connectivity index (χ3n) is 3.24. The smallest absolute Gasteiger partial charge is 0.140 e.